The Balaban J connectivity index is 1.65. The summed E-state index contributed by atoms with van der Waals surface area (Å²) in [6.07, 6.45) is -0.126. The number of amides is 2. The summed E-state index contributed by atoms with van der Waals surface area (Å²) in [6, 6.07) is 12.4. The van der Waals surface area contributed by atoms with Gasteiger partial charge in [0.15, 0.2) is 6.10 Å². The highest BCUT2D eigenvalue weighted by atomic mass is 35.5. The topological polar surface area (TPSA) is 67.4 Å². The Labute approximate surface area is 157 Å². The number of hydrogen-bond donors (Lipinski definition) is 2. The first kappa shape index (κ1) is 18.3. The van der Waals surface area contributed by atoms with Gasteiger partial charge < -0.3 is 15.4 Å². The molecular formula is C20H21ClN2O3. The van der Waals surface area contributed by atoms with Crippen LogP contribution in [0.15, 0.2) is 42.5 Å². The number of halogens is 1. The lowest BCUT2D eigenvalue weighted by Gasteiger charge is -2.18. The molecule has 0 unspecified atom stereocenters. The fourth-order valence-corrected chi connectivity index (χ4v) is 2.77. The first-order valence-corrected chi connectivity index (χ1v) is 8.77. The SMILES string of the molecule is CC(C)(C)C(=O)Nc1cccc(NC(=O)[C@H]2Cc3cc(Cl)ccc3O2)c1. The van der Waals surface area contributed by atoms with Crippen LogP contribution in [-0.4, -0.2) is 17.9 Å². The van der Waals surface area contributed by atoms with Gasteiger partial charge in [0.1, 0.15) is 5.75 Å². The predicted molar refractivity (Wildman–Crippen MR) is 103 cm³/mol. The van der Waals surface area contributed by atoms with Crippen molar-refractivity contribution in [1.29, 1.82) is 0 Å². The molecule has 6 heteroatoms. The Bertz CT molecular complexity index is 858. The van der Waals surface area contributed by atoms with Crippen molar-refractivity contribution in [3.8, 4) is 5.75 Å². The van der Waals surface area contributed by atoms with Gasteiger partial charge in [-0.2, -0.15) is 0 Å². The Hall–Kier alpha value is -2.53. The molecule has 0 aliphatic carbocycles. The number of fused-ring (bicyclic) bond motifs is 1. The van der Waals surface area contributed by atoms with E-state index in [1.165, 1.54) is 0 Å². The lowest BCUT2D eigenvalue weighted by Crippen LogP contribution is -2.31. The lowest BCUT2D eigenvalue weighted by molar-refractivity contribution is -0.123. The average Bonchev–Trinajstić information content (AvgIpc) is 2.97. The van der Waals surface area contributed by atoms with E-state index in [0.717, 1.165) is 5.56 Å². The van der Waals surface area contributed by atoms with Gasteiger partial charge in [-0.25, -0.2) is 0 Å². The third-order valence-electron chi connectivity index (χ3n) is 4.06. The van der Waals surface area contributed by atoms with Gasteiger partial charge in [-0.05, 0) is 42.0 Å². The molecule has 136 valence electrons. The molecule has 1 atom stereocenters. The third-order valence-corrected chi connectivity index (χ3v) is 4.29. The maximum atomic E-state index is 12.5. The zero-order valence-corrected chi connectivity index (χ0v) is 15.7. The standard InChI is InChI=1S/C20H21ClN2O3/c1-20(2,3)19(25)23-15-6-4-5-14(11-15)22-18(24)17-10-12-9-13(21)7-8-16(12)26-17/h4-9,11,17H,10H2,1-3H3,(H,22,24)(H,23,25)/t17-/m1/s1. The second-order valence-corrected chi connectivity index (χ2v) is 7.77. The van der Waals surface area contributed by atoms with Gasteiger partial charge in [0.05, 0.1) is 0 Å². The van der Waals surface area contributed by atoms with Crippen LogP contribution in [0.4, 0.5) is 11.4 Å². The second-order valence-electron chi connectivity index (χ2n) is 7.34. The quantitative estimate of drug-likeness (QED) is 0.845. The number of hydrogen-bond acceptors (Lipinski definition) is 3. The summed E-state index contributed by atoms with van der Waals surface area (Å²) in [4.78, 5) is 24.6. The van der Waals surface area contributed by atoms with Gasteiger partial charge in [-0.1, -0.05) is 38.4 Å². The van der Waals surface area contributed by atoms with Crippen molar-refractivity contribution in [2.75, 3.05) is 10.6 Å². The molecule has 26 heavy (non-hydrogen) atoms. The Morgan fingerprint density at radius 2 is 1.77 bits per heavy atom. The van der Waals surface area contributed by atoms with Crippen LogP contribution in [0.3, 0.4) is 0 Å². The Morgan fingerprint density at radius 3 is 2.46 bits per heavy atom. The molecule has 2 amide bonds. The zero-order valence-electron chi connectivity index (χ0n) is 14.9. The van der Waals surface area contributed by atoms with E-state index in [2.05, 4.69) is 10.6 Å². The minimum atomic E-state index is -0.601. The molecule has 1 aliphatic heterocycles. The minimum Gasteiger partial charge on any atom is -0.480 e. The highest BCUT2D eigenvalue weighted by Gasteiger charge is 2.29. The molecule has 0 aromatic heterocycles. The van der Waals surface area contributed by atoms with Crippen molar-refractivity contribution in [3.05, 3.63) is 53.1 Å². The first-order valence-electron chi connectivity index (χ1n) is 8.40. The molecule has 0 bridgehead atoms. The molecule has 2 aromatic rings. The van der Waals surface area contributed by atoms with E-state index in [4.69, 9.17) is 16.3 Å². The Kier molecular flexibility index (Phi) is 4.92. The van der Waals surface area contributed by atoms with Crippen molar-refractivity contribution < 1.29 is 14.3 Å². The highest BCUT2D eigenvalue weighted by molar-refractivity contribution is 6.30. The number of carbonyl (C=O) groups excluding carboxylic acids is 2. The molecule has 5 nitrogen and oxygen atoms in total. The fraction of sp³-hybridized carbons (Fsp3) is 0.300. The molecular weight excluding hydrogens is 352 g/mol. The van der Waals surface area contributed by atoms with Crippen LogP contribution in [0.1, 0.15) is 26.3 Å². The molecule has 1 aliphatic rings. The van der Waals surface area contributed by atoms with E-state index in [-0.39, 0.29) is 11.8 Å². The van der Waals surface area contributed by atoms with Crippen LogP contribution < -0.4 is 15.4 Å². The first-order chi connectivity index (χ1) is 12.2. The summed E-state index contributed by atoms with van der Waals surface area (Å²) >= 11 is 5.98. The number of benzene rings is 2. The second kappa shape index (κ2) is 7.00. The summed E-state index contributed by atoms with van der Waals surface area (Å²) in [5.41, 5.74) is 1.65. The van der Waals surface area contributed by atoms with Gasteiger partial charge in [0.2, 0.25) is 5.91 Å². The van der Waals surface area contributed by atoms with E-state index >= 15 is 0 Å². The fourth-order valence-electron chi connectivity index (χ4n) is 2.58. The van der Waals surface area contributed by atoms with Crippen LogP contribution in [0.2, 0.25) is 5.02 Å². The lowest BCUT2D eigenvalue weighted by atomic mass is 9.95. The van der Waals surface area contributed by atoms with E-state index in [1.54, 1.807) is 36.4 Å². The molecule has 1 heterocycles. The van der Waals surface area contributed by atoms with Gasteiger partial charge in [-0.15, -0.1) is 0 Å². The normalized spacial score (nSPS) is 15.8. The van der Waals surface area contributed by atoms with Crippen molar-refractivity contribution in [2.24, 2.45) is 5.41 Å². The van der Waals surface area contributed by atoms with E-state index < -0.39 is 11.5 Å². The van der Waals surface area contributed by atoms with E-state index in [1.807, 2.05) is 26.8 Å². The number of ether oxygens (including phenoxy) is 1. The Morgan fingerprint density at radius 1 is 1.08 bits per heavy atom. The molecule has 0 saturated heterocycles. The van der Waals surface area contributed by atoms with Gasteiger partial charge in [-0.3, -0.25) is 9.59 Å². The zero-order chi connectivity index (χ0) is 18.9. The summed E-state index contributed by atoms with van der Waals surface area (Å²) in [5, 5.41) is 6.31. The molecule has 3 rings (SSSR count). The van der Waals surface area contributed by atoms with Gasteiger partial charge in [0, 0.05) is 28.2 Å². The van der Waals surface area contributed by atoms with E-state index in [9.17, 15) is 9.59 Å². The number of nitrogens with one attached hydrogen (secondary N) is 2. The van der Waals surface area contributed by atoms with Crippen molar-refractivity contribution in [2.45, 2.75) is 33.3 Å². The highest BCUT2D eigenvalue weighted by Crippen LogP contribution is 2.31. The molecule has 0 saturated carbocycles. The number of carbonyl (C=O) groups is 2. The summed E-state index contributed by atoms with van der Waals surface area (Å²) < 4.78 is 5.69. The molecule has 0 spiro atoms. The molecule has 0 fully saturated rings. The predicted octanol–water partition coefficient (Wildman–Crippen LogP) is 4.27. The van der Waals surface area contributed by atoms with Crippen molar-refractivity contribution in [1.82, 2.24) is 0 Å². The number of anilines is 2. The summed E-state index contributed by atoms with van der Waals surface area (Å²) in [7, 11) is 0. The number of rotatable bonds is 3. The van der Waals surface area contributed by atoms with Gasteiger partial charge >= 0.3 is 0 Å². The van der Waals surface area contributed by atoms with Crippen LogP contribution in [0.5, 0.6) is 5.75 Å². The molecule has 2 aromatic carbocycles. The van der Waals surface area contributed by atoms with Crippen LogP contribution >= 0.6 is 11.6 Å². The van der Waals surface area contributed by atoms with Crippen molar-refractivity contribution in [3.63, 3.8) is 0 Å². The van der Waals surface area contributed by atoms with Gasteiger partial charge in [0.25, 0.3) is 5.91 Å². The van der Waals surface area contributed by atoms with E-state index in [0.29, 0.717) is 28.6 Å². The largest absolute Gasteiger partial charge is 0.480 e. The summed E-state index contributed by atoms with van der Waals surface area (Å²) in [5.74, 6) is 0.352. The monoisotopic (exact) mass is 372 g/mol. The molecule has 2 N–H and O–H groups in total. The third kappa shape index (κ3) is 4.17. The molecule has 0 radical (unpaired) electrons. The van der Waals surface area contributed by atoms with Crippen LogP contribution in [0, 0.1) is 5.41 Å². The minimum absolute atomic E-state index is 0.0903. The summed E-state index contributed by atoms with van der Waals surface area (Å²) in [6.45, 7) is 5.53. The van der Waals surface area contributed by atoms with Crippen molar-refractivity contribution >= 4 is 34.8 Å². The average molecular weight is 373 g/mol. The maximum Gasteiger partial charge on any atom is 0.265 e. The maximum absolute atomic E-state index is 12.5. The smallest absolute Gasteiger partial charge is 0.265 e. The van der Waals surface area contributed by atoms with Crippen LogP contribution in [-0.2, 0) is 16.0 Å². The van der Waals surface area contributed by atoms with Crippen LogP contribution in [0.25, 0.3) is 0 Å².